The number of aryl methyl sites for hydroxylation is 1. The van der Waals surface area contributed by atoms with E-state index in [1.807, 2.05) is 6.92 Å². The predicted octanol–water partition coefficient (Wildman–Crippen LogP) is 2.91. The second-order valence-electron chi connectivity index (χ2n) is 3.60. The van der Waals surface area contributed by atoms with Crippen LogP contribution in [-0.2, 0) is 0 Å². The molecule has 0 aromatic carbocycles. The number of aromatic nitrogens is 2. The van der Waals surface area contributed by atoms with Gasteiger partial charge in [0.2, 0.25) is 5.13 Å². The van der Waals surface area contributed by atoms with Crippen molar-refractivity contribution in [1.82, 2.24) is 10.2 Å². The Bertz CT molecular complexity index is 275. The fourth-order valence-electron chi connectivity index (χ4n) is 1.20. The number of hydrogen-bond donors (Lipinski definition) is 1. The second kappa shape index (κ2) is 5.51. The molecular formula is C9H16ClN3S. The van der Waals surface area contributed by atoms with Crippen LogP contribution < -0.4 is 5.32 Å². The summed E-state index contributed by atoms with van der Waals surface area (Å²) in [7, 11) is 0. The molecule has 0 saturated carbocycles. The van der Waals surface area contributed by atoms with Crippen molar-refractivity contribution in [3.05, 3.63) is 5.01 Å². The maximum absolute atomic E-state index is 5.74. The first-order valence-corrected chi connectivity index (χ1v) is 6.11. The minimum Gasteiger partial charge on any atom is -0.357 e. The molecule has 0 fully saturated rings. The smallest absolute Gasteiger partial charge is 0.205 e. The Morgan fingerprint density at radius 3 is 2.57 bits per heavy atom. The number of anilines is 1. The molecule has 1 heterocycles. The van der Waals surface area contributed by atoms with Gasteiger partial charge in [-0.2, -0.15) is 0 Å². The standard InChI is InChI=1S/C9H16ClN3S/c1-6(2)8(4-5-10)11-9-13-12-7(3)14-9/h6,8H,4-5H2,1-3H3,(H,11,13). The van der Waals surface area contributed by atoms with Crippen LogP contribution in [0.5, 0.6) is 0 Å². The lowest BCUT2D eigenvalue weighted by Crippen LogP contribution is -2.26. The van der Waals surface area contributed by atoms with Gasteiger partial charge in [0, 0.05) is 11.9 Å². The molecule has 0 amide bonds. The fourth-order valence-corrected chi connectivity index (χ4v) is 2.09. The number of alkyl halides is 1. The monoisotopic (exact) mass is 233 g/mol. The molecule has 3 nitrogen and oxygen atoms in total. The Morgan fingerprint density at radius 1 is 1.43 bits per heavy atom. The van der Waals surface area contributed by atoms with E-state index in [9.17, 15) is 0 Å². The lowest BCUT2D eigenvalue weighted by Gasteiger charge is -2.20. The third-order valence-electron chi connectivity index (χ3n) is 2.06. The van der Waals surface area contributed by atoms with Crippen molar-refractivity contribution in [2.45, 2.75) is 33.2 Å². The van der Waals surface area contributed by atoms with Crippen LogP contribution in [0.3, 0.4) is 0 Å². The van der Waals surface area contributed by atoms with Crippen LogP contribution in [0.4, 0.5) is 5.13 Å². The minimum atomic E-state index is 0.389. The zero-order valence-electron chi connectivity index (χ0n) is 8.75. The summed E-state index contributed by atoms with van der Waals surface area (Å²) in [5.41, 5.74) is 0. The van der Waals surface area contributed by atoms with Gasteiger partial charge in [0.1, 0.15) is 5.01 Å². The predicted molar refractivity (Wildman–Crippen MR) is 62.2 cm³/mol. The summed E-state index contributed by atoms with van der Waals surface area (Å²) in [6, 6.07) is 0.389. The van der Waals surface area contributed by atoms with Crippen LogP contribution in [0.2, 0.25) is 0 Å². The molecule has 1 atom stereocenters. The Kier molecular flexibility index (Phi) is 4.62. The summed E-state index contributed by atoms with van der Waals surface area (Å²) in [6.45, 7) is 6.31. The highest BCUT2D eigenvalue weighted by molar-refractivity contribution is 7.15. The van der Waals surface area contributed by atoms with E-state index in [0.29, 0.717) is 17.8 Å². The average molecular weight is 234 g/mol. The van der Waals surface area contributed by atoms with Crippen LogP contribution in [0.25, 0.3) is 0 Å². The molecule has 14 heavy (non-hydrogen) atoms. The van der Waals surface area contributed by atoms with Gasteiger partial charge in [-0.15, -0.1) is 21.8 Å². The molecule has 0 aliphatic heterocycles. The molecule has 1 aromatic rings. The van der Waals surface area contributed by atoms with Crippen LogP contribution in [-0.4, -0.2) is 22.1 Å². The summed E-state index contributed by atoms with van der Waals surface area (Å²) in [6.07, 6.45) is 0.956. The Balaban J connectivity index is 2.55. The largest absolute Gasteiger partial charge is 0.357 e. The van der Waals surface area contributed by atoms with Gasteiger partial charge in [0.25, 0.3) is 0 Å². The number of nitrogens with one attached hydrogen (secondary N) is 1. The normalized spacial score (nSPS) is 13.2. The van der Waals surface area contributed by atoms with E-state index in [1.165, 1.54) is 0 Å². The van der Waals surface area contributed by atoms with Crippen molar-refractivity contribution in [3.8, 4) is 0 Å². The van der Waals surface area contributed by atoms with Gasteiger partial charge in [0.15, 0.2) is 0 Å². The second-order valence-corrected chi connectivity index (χ2v) is 5.16. The van der Waals surface area contributed by atoms with Crippen LogP contribution >= 0.6 is 22.9 Å². The quantitative estimate of drug-likeness (QED) is 0.795. The van der Waals surface area contributed by atoms with Gasteiger partial charge in [-0.1, -0.05) is 25.2 Å². The molecule has 0 aliphatic rings. The van der Waals surface area contributed by atoms with Crippen molar-refractivity contribution in [2.75, 3.05) is 11.2 Å². The highest BCUT2D eigenvalue weighted by Gasteiger charge is 2.14. The zero-order chi connectivity index (χ0) is 10.6. The van der Waals surface area contributed by atoms with E-state index < -0.39 is 0 Å². The third-order valence-corrected chi connectivity index (χ3v) is 3.05. The first-order valence-electron chi connectivity index (χ1n) is 4.76. The summed E-state index contributed by atoms with van der Waals surface area (Å²) in [4.78, 5) is 0. The van der Waals surface area contributed by atoms with Gasteiger partial charge >= 0.3 is 0 Å². The van der Waals surface area contributed by atoms with Crippen LogP contribution in [0.15, 0.2) is 0 Å². The lowest BCUT2D eigenvalue weighted by atomic mass is 10.0. The third kappa shape index (κ3) is 3.42. The van der Waals surface area contributed by atoms with Gasteiger partial charge in [-0.25, -0.2) is 0 Å². The topological polar surface area (TPSA) is 37.8 Å². The highest BCUT2D eigenvalue weighted by atomic mass is 35.5. The van der Waals surface area contributed by atoms with Crippen molar-refractivity contribution in [1.29, 1.82) is 0 Å². The molecule has 0 saturated heterocycles. The molecule has 1 rings (SSSR count). The van der Waals surface area contributed by atoms with Crippen LogP contribution in [0.1, 0.15) is 25.3 Å². The molecule has 0 radical (unpaired) electrons. The lowest BCUT2D eigenvalue weighted by molar-refractivity contribution is 0.512. The fraction of sp³-hybridized carbons (Fsp3) is 0.778. The highest BCUT2D eigenvalue weighted by Crippen LogP contribution is 2.19. The number of halogens is 1. The number of rotatable bonds is 5. The van der Waals surface area contributed by atoms with Crippen molar-refractivity contribution in [3.63, 3.8) is 0 Å². The van der Waals surface area contributed by atoms with E-state index in [1.54, 1.807) is 11.3 Å². The van der Waals surface area contributed by atoms with Gasteiger partial charge in [-0.05, 0) is 19.3 Å². The average Bonchev–Trinajstić information content (AvgIpc) is 2.50. The zero-order valence-corrected chi connectivity index (χ0v) is 10.3. The van der Waals surface area contributed by atoms with Crippen molar-refractivity contribution < 1.29 is 0 Å². The molecule has 0 bridgehead atoms. The van der Waals surface area contributed by atoms with Gasteiger partial charge in [-0.3, -0.25) is 0 Å². The number of hydrogen-bond acceptors (Lipinski definition) is 4. The Morgan fingerprint density at radius 2 is 2.14 bits per heavy atom. The van der Waals surface area contributed by atoms with E-state index in [4.69, 9.17) is 11.6 Å². The van der Waals surface area contributed by atoms with E-state index >= 15 is 0 Å². The van der Waals surface area contributed by atoms with E-state index in [2.05, 4.69) is 29.4 Å². The van der Waals surface area contributed by atoms with E-state index in [0.717, 1.165) is 16.6 Å². The Hall–Kier alpha value is -0.350. The maximum atomic E-state index is 5.74. The molecule has 1 N–H and O–H groups in total. The SMILES string of the molecule is Cc1nnc(NC(CCCl)C(C)C)s1. The molecular weight excluding hydrogens is 218 g/mol. The molecule has 1 unspecified atom stereocenters. The molecule has 0 spiro atoms. The van der Waals surface area contributed by atoms with Crippen LogP contribution in [0, 0.1) is 12.8 Å². The molecule has 80 valence electrons. The first kappa shape index (κ1) is 11.7. The van der Waals surface area contributed by atoms with E-state index in [-0.39, 0.29) is 0 Å². The summed E-state index contributed by atoms with van der Waals surface area (Å²) in [5, 5.41) is 13.2. The Labute approximate surface area is 93.9 Å². The maximum Gasteiger partial charge on any atom is 0.205 e. The number of nitrogens with zero attached hydrogens (tertiary/aromatic N) is 2. The van der Waals surface area contributed by atoms with Gasteiger partial charge in [0.05, 0.1) is 0 Å². The molecule has 5 heteroatoms. The summed E-state index contributed by atoms with van der Waals surface area (Å²) in [5.74, 6) is 1.23. The van der Waals surface area contributed by atoms with Gasteiger partial charge < -0.3 is 5.32 Å². The molecule has 0 aliphatic carbocycles. The van der Waals surface area contributed by atoms with Crippen molar-refractivity contribution >= 4 is 28.1 Å². The molecule has 1 aromatic heterocycles. The van der Waals surface area contributed by atoms with Crippen molar-refractivity contribution in [2.24, 2.45) is 5.92 Å². The minimum absolute atomic E-state index is 0.389. The summed E-state index contributed by atoms with van der Waals surface area (Å²) >= 11 is 7.32. The summed E-state index contributed by atoms with van der Waals surface area (Å²) < 4.78 is 0. The first-order chi connectivity index (χ1) is 6.63.